The molecule has 0 N–H and O–H groups in total. The quantitative estimate of drug-likeness (QED) is 0.772. The van der Waals surface area contributed by atoms with E-state index in [1.807, 2.05) is 48.5 Å². The summed E-state index contributed by atoms with van der Waals surface area (Å²) >= 11 is 5.01. The number of rotatable bonds is 1. The second kappa shape index (κ2) is 5.42. The SMILES string of the molecule is CC(=O)N1N=C(c2ccccc2)Sc2ccc(Br)cc21. The van der Waals surface area contributed by atoms with Gasteiger partial charge < -0.3 is 0 Å². The lowest BCUT2D eigenvalue weighted by Gasteiger charge is -2.25. The summed E-state index contributed by atoms with van der Waals surface area (Å²) in [7, 11) is 0. The molecule has 2 aromatic rings. The van der Waals surface area contributed by atoms with Crippen LogP contribution in [0.2, 0.25) is 0 Å². The van der Waals surface area contributed by atoms with Crippen molar-refractivity contribution in [2.75, 3.05) is 5.01 Å². The number of thioether (sulfide) groups is 1. The van der Waals surface area contributed by atoms with Crippen LogP contribution in [0.4, 0.5) is 5.69 Å². The predicted octanol–water partition coefficient (Wildman–Crippen LogP) is 4.27. The lowest BCUT2D eigenvalue weighted by molar-refractivity contribution is -0.116. The zero-order valence-corrected chi connectivity index (χ0v) is 13.1. The van der Waals surface area contributed by atoms with E-state index in [4.69, 9.17) is 0 Å². The van der Waals surface area contributed by atoms with E-state index in [-0.39, 0.29) is 5.91 Å². The summed E-state index contributed by atoms with van der Waals surface area (Å²) in [6, 6.07) is 15.8. The van der Waals surface area contributed by atoms with Gasteiger partial charge in [0.15, 0.2) is 0 Å². The Bertz CT molecular complexity index is 700. The number of nitrogens with zero attached hydrogens (tertiary/aromatic N) is 2. The molecule has 5 heteroatoms. The molecular formula is C15H11BrN2OS. The second-order valence-electron chi connectivity index (χ2n) is 4.32. The Kier molecular flexibility index (Phi) is 3.63. The first-order chi connectivity index (χ1) is 9.65. The van der Waals surface area contributed by atoms with Gasteiger partial charge in [0, 0.05) is 21.9 Å². The molecule has 3 nitrogen and oxygen atoms in total. The van der Waals surface area contributed by atoms with E-state index in [2.05, 4.69) is 21.0 Å². The Balaban J connectivity index is 2.10. The summed E-state index contributed by atoms with van der Waals surface area (Å²) in [6.45, 7) is 1.52. The average Bonchev–Trinajstić information content (AvgIpc) is 2.47. The van der Waals surface area contributed by atoms with E-state index in [9.17, 15) is 4.79 Å². The lowest BCUT2D eigenvalue weighted by Crippen LogP contribution is -2.27. The molecule has 1 aliphatic rings. The first kappa shape index (κ1) is 13.4. The van der Waals surface area contributed by atoms with Gasteiger partial charge in [-0.3, -0.25) is 4.79 Å². The van der Waals surface area contributed by atoms with Gasteiger partial charge in [0.2, 0.25) is 5.91 Å². The molecule has 100 valence electrons. The summed E-state index contributed by atoms with van der Waals surface area (Å²) in [5.74, 6) is -0.0990. The minimum absolute atomic E-state index is 0.0990. The van der Waals surface area contributed by atoms with Crippen molar-refractivity contribution < 1.29 is 4.79 Å². The molecule has 0 saturated carbocycles. The summed E-state index contributed by atoms with van der Waals surface area (Å²) in [4.78, 5) is 12.9. The molecule has 1 aliphatic heterocycles. The van der Waals surface area contributed by atoms with E-state index in [1.54, 1.807) is 11.8 Å². The molecule has 0 aliphatic carbocycles. The number of benzene rings is 2. The number of hydrogen-bond acceptors (Lipinski definition) is 3. The lowest BCUT2D eigenvalue weighted by atomic mass is 10.2. The fourth-order valence-corrected chi connectivity index (χ4v) is 3.27. The number of halogens is 1. The highest BCUT2D eigenvalue weighted by atomic mass is 79.9. The van der Waals surface area contributed by atoms with Crippen molar-refractivity contribution in [2.24, 2.45) is 5.10 Å². The zero-order valence-electron chi connectivity index (χ0n) is 10.7. The van der Waals surface area contributed by atoms with Crippen molar-refractivity contribution in [2.45, 2.75) is 11.8 Å². The van der Waals surface area contributed by atoms with Gasteiger partial charge in [0.25, 0.3) is 0 Å². The maximum absolute atomic E-state index is 11.8. The van der Waals surface area contributed by atoms with Crippen LogP contribution in [0.1, 0.15) is 12.5 Å². The van der Waals surface area contributed by atoms with Gasteiger partial charge in [-0.15, -0.1) is 0 Å². The van der Waals surface area contributed by atoms with E-state index in [0.29, 0.717) is 0 Å². The van der Waals surface area contributed by atoms with Crippen molar-refractivity contribution in [1.82, 2.24) is 0 Å². The molecule has 2 aromatic carbocycles. The third-order valence-corrected chi connectivity index (χ3v) is 4.43. The molecule has 0 fully saturated rings. The van der Waals surface area contributed by atoms with Crippen molar-refractivity contribution in [1.29, 1.82) is 0 Å². The minimum Gasteiger partial charge on any atom is -0.273 e. The molecule has 0 spiro atoms. The van der Waals surface area contributed by atoms with Crippen LogP contribution in [0.5, 0.6) is 0 Å². The summed E-state index contributed by atoms with van der Waals surface area (Å²) in [5, 5.41) is 6.76. The van der Waals surface area contributed by atoms with Crippen LogP contribution in [0, 0.1) is 0 Å². The molecule has 0 atom stereocenters. The fraction of sp³-hybridized carbons (Fsp3) is 0.0667. The van der Waals surface area contributed by atoms with Crippen LogP contribution in [-0.4, -0.2) is 11.0 Å². The van der Waals surface area contributed by atoms with Gasteiger partial charge in [0.05, 0.1) is 5.69 Å². The Labute approximate surface area is 129 Å². The first-order valence-corrected chi connectivity index (χ1v) is 7.68. The first-order valence-electron chi connectivity index (χ1n) is 6.07. The van der Waals surface area contributed by atoms with Gasteiger partial charge in [-0.2, -0.15) is 10.1 Å². The standard InChI is InChI=1S/C15H11BrN2OS/c1-10(19)18-13-9-12(16)7-8-14(13)20-15(17-18)11-5-3-2-4-6-11/h2-9H,1H3. The third kappa shape index (κ3) is 2.51. The van der Waals surface area contributed by atoms with Crippen molar-refractivity contribution >= 4 is 44.3 Å². The van der Waals surface area contributed by atoms with Crippen LogP contribution in [0.15, 0.2) is 63.0 Å². The molecule has 0 radical (unpaired) electrons. The van der Waals surface area contributed by atoms with E-state index in [1.165, 1.54) is 11.9 Å². The third-order valence-electron chi connectivity index (χ3n) is 2.87. The molecule has 0 saturated heterocycles. The Morgan fingerprint density at radius 3 is 2.65 bits per heavy atom. The zero-order chi connectivity index (χ0) is 14.1. The van der Waals surface area contributed by atoms with Crippen molar-refractivity contribution in [3.05, 3.63) is 58.6 Å². The van der Waals surface area contributed by atoms with Gasteiger partial charge in [0.1, 0.15) is 5.04 Å². The number of fused-ring (bicyclic) bond motifs is 1. The normalized spacial score (nSPS) is 13.7. The Morgan fingerprint density at radius 1 is 1.20 bits per heavy atom. The largest absolute Gasteiger partial charge is 0.273 e. The number of hydrazone groups is 1. The Morgan fingerprint density at radius 2 is 1.95 bits per heavy atom. The molecule has 0 bridgehead atoms. The minimum atomic E-state index is -0.0990. The summed E-state index contributed by atoms with van der Waals surface area (Å²) in [6.07, 6.45) is 0. The van der Waals surface area contributed by atoms with Crippen LogP contribution < -0.4 is 5.01 Å². The summed E-state index contributed by atoms with van der Waals surface area (Å²) in [5.41, 5.74) is 1.83. The maximum atomic E-state index is 11.8. The molecule has 1 amide bonds. The highest BCUT2D eigenvalue weighted by molar-refractivity contribution is 9.10. The van der Waals surface area contributed by atoms with Crippen molar-refractivity contribution in [3.8, 4) is 0 Å². The molecule has 0 aromatic heterocycles. The number of amides is 1. The molecular weight excluding hydrogens is 336 g/mol. The molecule has 0 unspecified atom stereocenters. The summed E-state index contributed by atoms with van der Waals surface area (Å²) < 4.78 is 0.932. The van der Waals surface area contributed by atoms with Crippen LogP contribution >= 0.6 is 27.7 Å². The monoisotopic (exact) mass is 346 g/mol. The highest BCUT2D eigenvalue weighted by Gasteiger charge is 2.23. The molecule has 3 rings (SSSR count). The van der Waals surface area contributed by atoms with Gasteiger partial charge in [-0.05, 0) is 18.2 Å². The number of carbonyl (C=O) groups excluding carboxylic acids is 1. The van der Waals surface area contributed by atoms with E-state index < -0.39 is 0 Å². The second-order valence-corrected chi connectivity index (χ2v) is 6.26. The molecule has 20 heavy (non-hydrogen) atoms. The smallest absolute Gasteiger partial charge is 0.244 e. The van der Waals surface area contributed by atoms with Crippen LogP contribution in [0.3, 0.4) is 0 Å². The van der Waals surface area contributed by atoms with Gasteiger partial charge in [-0.25, -0.2) is 0 Å². The number of anilines is 1. The van der Waals surface area contributed by atoms with Crippen molar-refractivity contribution in [3.63, 3.8) is 0 Å². The van der Waals surface area contributed by atoms with Crippen LogP contribution in [0.25, 0.3) is 0 Å². The van der Waals surface area contributed by atoms with E-state index in [0.717, 1.165) is 25.7 Å². The topological polar surface area (TPSA) is 32.7 Å². The molecule has 1 heterocycles. The van der Waals surface area contributed by atoms with Crippen LogP contribution in [-0.2, 0) is 4.79 Å². The van der Waals surface area contributed by atoms with E-state index >= 15 is 0 Å². The Hall–Kier alpha value is -1.59. The fourth-order valence-electron chi connectivity index (χ4n) is 1.95. The number of carbonyl (C=O) groups is 1. The highest BCUT2D eigenvalue weighted by Crippen LogP contribution is 2.39. The number of hydrogen-bond donors (Lipinski definition) is 0. The van der Waals surface area contributed by atoms with Gasteiger partial charge in [-0.1, -0.05) is 58.0 Å². The van der Waals surface area contributed by atoms with Gasteiger partial charge >= 0.3 is 0 Å². The average molecular weight is 347 g/mol. The predicted molar refractivity (Wildman–Crippen MR) is 86.1 cm³/mol. The maximum Gasteiger partial charge on any atom is 0.244 e.